The number of ether oxygens (including phenoxy) is 1. The molecule has 35 heavy (non-hydrogen) atoms. The van der Waals surface area contributed by atoms with E-state index in [0.717, 1.165) is 23.5 Å². The van der Waals surface area contributed by atoms with Gasteiger partial charge >= 0.3 is 22.4 Å². The number of esters is 1. The number of carbonyl (C=O) groups is 1. The number of nitrogens with zero attached hydrogens (tertiary/aromatic N) is 1. The number of halogens is 3. The van der Waals surface area contributed by atoms with Gasteiger partial charge in [0.05, 0.1) is 11.3 Å². The molecule has 7 nitrogen and oxygen atoms in total. The summed E-state index contributed by atoms with van der Waals surface area (Å²) in [4.78, 5) is 17.5. The van der Waals surface area contributed by atoms with Crippen LogP contribution in [0.25, 0.3) is 11.3 Å². The number of benzene rings is 2. The van der Waals surface area contributed by atoms with E-state index < -0.39 is 39.5 Å². The summed E-state index contributed by atoms with van der Waals surface area (Å²) in [6.07, 6.45) is -4.34. The highest BCUT2D eigenvalue weighted by atomic mass is 32.2. The molecule has 1 aromatic heterocycles. The van der Waals surface area contributed by atoms with E-state index in [1.165, 1.54) is 24.3 Å². The van der Waals surface area contributed by atoms with Gasteiger partial charge in [0.2, 0.25) is 0 Å². The third-order valence-corrected chi connectivity index (χ3v) is 5.96. The third-order valence-electron chi connectivity index (χ3n) is 4.57. The molecule has 3 rings (SSSR count). The predicted molar refractivity (Wildman–Crippen MR) is 125 cm³/mol. The second-order valence-corrected chi connectivity index (χ2v) is 10.7. The fourth-order valence-corrected chi connectivity index (χ4v) is 4.43. The minimum absolute atomic E-state index is 0.00569. The summed E-state index contributed by atoms with van der Waals surface area (Å²) >= 11 is 1.14. The molecule has 2 aromatic carbocycles. The van der Waals surface area contributed by atoms with Crippen LogP contribution in [0.15, 0.2) is 53.9 Å². The first-order chi connectivity index (χ1) is 16.1. The number of nitrogens with two attached hydrogens (primary N) is 1. The van der Waals surface area contributed by atoms with Crippen molar-refractivity contribution >= 4 is 27.6 Å². The van der Waals surface area contributed by atoms with Crippen molar-refractivity contribution in [3.63, 3.8) is 0 Å². The van der Waals surface area contributed by atoms with Crippen LogP contribution in [0.1, 0.15) is 42.8 Å². The van der Waals surface area contributed by atoms with Gasteiger partial charge in [0.1, 0.15) is 22.3 Å². The molecule has 0 fully saturated rings. The van der Waals surface area contributed by atoms with Gasteiger partial charge in [-0.15, -0.1) is 11.3 Å². The monoisotopic (exact) mass is 528 g/mol. The van der Waals surface area contributed by atoms with Crippen LogP contribution in [0.5, 0.6) is 5.75 Å². The van der Waals surface area contributed by atoms with Crippen LogP contribution in [0.3, 0.4) is 0 Å². The van der Waals surface area contributed by atoms with Gasteiger partial charge in [-0.3, -0.25) is 4.79 Å². The number of thiazole rings is 1. The minimum Gasteiger partial charge on any atom is -0.459 e. The summed E-state index contributed by atoms with van der Waals surface area (Å²) in [6, 6.07) is 10.7. The molecule has 0 aliphatic carbocycles. The Labute approximate surface area is 205 Å². The molecule has 188 valence electrons. The first kappa shape index (κ1) is 26.6. The largest absolute Gasteiger partial charge is 0.459 e. The van der Waals surface area contributed by atoms with Crippen molar-refractivity contribution in [1.29, 1.82) is 0 Å². The van der Waals surface area contributed by atoms with E-state index in [1.807, 2.05) is 0 Å². The van der Waals surface area contributed by atoms with Crippen molar-refractivity contribution in [1.82, 2.24) is 4.98 Å². The fourth-order valence-electron chi connectivity index (χ4n) is 3.13. The Morgan fingerprint density at radius 1 is 1.11 bits per heavy atom. The van der Waals surface area contributed by atoms with Gasteiger partial charge in [-0.1, -0.05) is 24.3 Å². The molecule has 0 bridgehead atoms. The Hall–Kier alpha value is -2.96. The van der Waals surface area contributed by atoms with E-state index >= 15 is 0 Å². The lowest BCUT2D eigenvalue weighted by Gasteiger charge is -2.23. The normalized spacial score (nSPS) is 13.3. The van der Waals surface area contributed by atoms with Crippen LogP contribution in [-0.2, 0) is 32.4 Å². The molecule has 0 spiro atoms. The second kappa shape index (κ2) is 9.96. The van der Waals surface area contributed by atoms with Crippen LogP contribution < -0.4 is 9.32 Å². The van der Waals surface area contributed by atoms with E-state index in [1.54, 1.807) is 38.3 Å². The Kier molecular flexibility index (Phi) is 7.58. The number of hydrogen-bond acceptors (Lipinski definition) is 7. The maximum Gasteiger partial charge on any atom is 0.416 e. The summed E-state index contributed by atoms with van der Waals surface area (Å²) in [5, 5.41) is 6.82. The molecule has 0 aliphatic heterocycles. The number of carbonyl (C=O) groups excluding carboxylic acids is 1. The Bertz CT molecular complexity index is 1300. The lowest BCUT2D eigenvalue weighted by molar-refractivity contribution is -0.156. The number of aromatic nitrogens is 1. The van der Waals surface area contributed by atoms with Crippen LogP contribution >= 0.6 is 11.3 Å². The van der Waals surface area contributed by atoms with Crippen LogP contribution in [0.2, 0.25) is 0 Å². The maximum absolute atomic E-state index is 13.1. The molecule has 12 heteroatoms. The second-order valence-electron chi connectivity index (χ2n) is 8.66. The average Bonchev–Trinajstić information content (AvgIpc) is 3.20. The Morgan fingerprint density at radius 3 is 2.34 bits per heavy atom. The van der Waals surface area contributed by atoms with Crippen LogP contribution in [0.4, 0.5) is 13.2 Å². The first-order valence-corrected chi connectivity index (χ1v) is 12.6. The highest BCUT2D eigenvalue weighted by molar-refractivity contribution is 7.84. The molecule has 1 atom stereocenters. The summed E-state index contributed by atoms with van der Waals surface area (Å²) in [5.41, 5.74) is -0.339. The van der Waals surface area contributed by atoms with Gasteiger partial charge in [0.25, 0.3) is 0 Å². The molecule has 0 unspecified atom stereocenters. The molecule has 0 saturated carbocycles. The summed E-state index contributed by atoms with van der Waals surface area (Å²) < 4.78 is 71.7. The lowest BCUT2D eigenvalue weighted by Crippen LogP contribution is -2.28. The van der Waals surface area contributed by atoms with Crippen molar-refractivity contribution in [3.05, 3.63) is 70.0 Å². The highest BCUT2D eigenvalue weighted by Crippen LogP contribution is 2.34. The summed E-state index contributed by atoms with van der Waals surface area (Å²) in [7, 11) is -4.18. The molecule has 3 aromatic rings. The van der Waals surface area contributed by atoms with E-state index in [2.05, 4.69) is 9.17 Å². The zero-order valence-electron chi connectivity index (χ0n) is 19.0. The van der Waals surface area contributed by atoms with Gasteiger partial charge in [-0.05, 0) is 57.0 Å². The first-order valence-electron chi connectivity index (χ1n) is 10.3. The van der Waals surface area contributed by atoms with E-state index in [-0.39, 0.29) is 17.7 Å². The van der Waals surface area contributed by atoms with E-state index in [0.29, 0.717) is 16.3 Å². The zero-order valence-corrected chi connectivity index (χ0v) is 20.6. The lowest BCUT2D eigenvalue weighted by atomic mass is 9.99. The van der Waals surface area contributed by atoms with Gasteiger partial charge in [0, 0.05) is 10.9 Å². The minimum atomic E-state index is -4.49. The van der Waals surface area contributed by atoms with Crippen LogP contribution in [-0.4, -0.2) is 25.0 Å². The molecular weight excluding hydrogens is 505 g/mol. The fraction of sp³-hybridized carbons (Fsp3) is 0.304. The molecule has 2 N–H and O–H groups in total. The van der Waals surface area contributed by atoms with E-state index in [9.17, 15) is 26.4 Å². The molecule has 0 amide bonds. The quantitative estimate of drug-likeness (QED) is 0.429. The zero-order chi connectivity index (χ0) is 26.0. The molecule has 1 heterocycles. The maximum atomic E-state index is 13.1. The summed E-state index contributed by atoms with van der Waals surface area (Å²) in [5.74, 6) is -1.39. The standard InChI is InChI=1S/C23H23F3N2O5S2/c1-22(2,3)32-21(29)18(11-14-7-9-17(10-8-14)33-35(27,30)31)20-28-19(13-34-20)15-5-4-6-16(12-15)23(24,25)26/h4-10,12-13,18H,11H2,1-3H3,(H2,27,30,31)/t18-/m0/s1. The van der Waals surface area contributed by atoms with Crippen molar-refractivity contribution in [2.45, 2.75) is 44.9 Å². The molecule has 0 aliphatic rings. The van der Waals surface area contributed by atoms with Crippen LogP contribution in [0, 0.1) is 0 Å². The van der Waals surface area contributed by atoms with Crippen molar-refractivity contribution in [2.75, 3.05) is 0 Å². The van der Waals surface area contributed by atoms with Crippen molar-refractivity contribution in [2.24, 2.45) is 5.14 Å². The van der Waals surface area contributed by atoms with E-state index in [4.69, 9.17) is 9.88 Å². The van der Waals surface area contributed by atoms with Gasteiger partial charge in [-0.2, -0.15) is 26.7 Å². The van der Waals surface area contributed by atoms with Gasteiger partial charge < -0.3 is 8.92 Å². The smallest absolute Gasteiger partial charge is 0.416 e. The number of hydrogen-bond donors (Lipinski definition) is 1. The van der Waals surface area contributed by atoms with Crippen molar-refractivity contribution < 1.29 is 35.3 Å². The number of rotatable bonds is 7. The van der Waals surface area contributed by atoms with Gasteiger partial charge in [0.15, 0.2) is 0 Å². The molecular formula is C23H23F3N2O5S2. The Balaban J connectivity index is 1.91. The Morgan fingerprint density at radius 2 is 1.77 bits per heavy atom. The van der Waals surface area contributed by atoms with Crippen molar-refractivity contribution in [3.8, 4) is 17.0 Å². The predicted octanol–water partition coefficient (Wildman–Crippen LogP) is 5.08. The topological polar surface area (TPSA) is 109 Å². The molecule has 0 radical (unpaired) electrons. The summed E-state index contributed by atoms with van der Waals surface area (Å²) in [6.45, 7) is 5.16. The van der Waals surface area contributed by atoms with Gasteiger partial charge in [-0.25, -0.2) is 4.98 Å². The average molecular weight is 529 g/mol. The molecule has 0 saturated heterocycles. The third kappa shape index (κ3) is 7.77. The highest BCUT2D eigenvalue weighted by Gasteiger charge is 2.32. The number of alkyl halides is 3. The SMILES string of the molecule is CC(C)(C)OC(=O)[C@@H](Cc1ccc(OS(N)(=O)=O)cc1)c1nc(-c2cccc(C(F)(F)F)c2)cs1.